The summed E-state index contributed by atoms with van der Waals surface area (Å²) in [7, 11) is 0. The fourth-order valence-electron chi connectivity index (χ4n) is 1.22. The van der Waals surface area contributed by atoms with Crippen LogP contribution in [0.4, 0.5) is 0 Å². The van der Waals surface area contributed by atoms with E-state index in [1.54, 1.807) is 18.2 Å². The Labute approximate surface area is 110 Å². The van der Waals surface area contributed by atoms with Crippen LogP contribution in [0.5, 0.6) is 0 Å². The highest BCUT2D eigenvalue weighted by molar-refractivity contribution is 6.43. The van der Waals surface area contributed by atoms with Crippen LogP contribution in [0.3, 0.4) is 0 Å². The molecule has 0 aromatic heterocycles. The Morgan fingerprint density at radius 1 is 1.31 bits per heavy atom. The molecule has 0 aliphatic heterocycles. The van der Waals surface area contributed by atoms with Gasteiger partial charge in [-0.2, -0.15) is 0 Å². The van der Waals surface area contributed by atoms with Crippen LogP contribution in [0.25, 0.3) is 0 Å². The predicted octanol–water partition coefficient (Wildman–Crippen LogP) is 3.80. The average Bonchev–Trinajstić information content (AvgIpc) is 2.20. The Balaban J connectivity index is 2.92. The van der Waals surface area contributed by atoms with Gasteiger partial charge in [0.05, 0.1) is 10.0 Å². The number of alkyl halides is 1. The van der Waals surface area contributed by atoms with Crippen LogP contribution < -0.4 is 5.32 Å². The molecule has 0 spiro atoms. The minimum atomic E-state index is -0.825. The Morgan fingerprint density at radius 2 is 1.94 bits per heavy atom. The van der Waals surface area contributed by atoms with Crippen molar-refractivity contribution in [1.82, 2.24) is 5.32 Å². The molecule has 1 amide bonds. The van der Waals surface area contributed by atoms with E-state index in [1.807, 2.05) is 13.8 Å². The van der Waals surface area contributed by atoms with E-state index in [0.717, 1.165) is 0 Å². The Morgan fingerprint density at radius 3 is 2.50 bits per heavy atom. The van der Waals surface area contributed by atoms with Crippen LogP contribution in [0.15, 0.2) is 18.2 Å². The van der Waals surface area contributed by atoms with Gasteiger partial charge in [0, 0.05) is 6.04 Å². The van der Waals surface area contributed by atoms with Gasteiger partial charge in [0.15, 0.2) is 0 Å². The first kappa shape index (κ1) is 13.6. The lowest BCUT2D eigenvalue weighted by Gasteiger charge is -2.14. The van der Waals surface area contributed by atoms with E-state index in [4.69, 9.17) is 34.8 Å². The highest BCUT2D eigenvalue weighted by Crippen LogP contribution is 2.33. The monoisotopic (exact) mass is 279 g/mol. The van der Waals surface area contributed by atoms with E-state index in [2.05, 4.69) is 5.32 Å². The second-order valence-electron chi connectivity index (χ2n) is 3.67. The fraction of sp³-hybridized carbons (Fsp3) is 0.364. The maximum atomic E-state index is 11.7. The lowest BCUT2D eigenvalue weighted by molar-refractivity contribution is -0.121. The van der Waals surface area contributed by atoms with E-state index in [0.29, 0.717) is 15.6 Å². The highest BCUT2D eigenvalue weighted by atomic mass is 35.5. The Kier molecular flexibility index (Phi) is 4.90. The predicted molar refractivity (Wildman–Crippen MR) is 68.3 cm³/mol. The molecule has 0 bridgehead atoms. The SMILES string of the molecule is CC(C)NC(=O)C(Cl)c1cccc(Cl)c1Cl. The number of carbonyl (C=O) groups excluding carboxylic acids is 1. The van der Waals surface area contributed by atoms with Gasteiger partial charge < -0.3 is 5.32 Å². The molecule has 1 aromatic rings. The smallest absolute Gasteiger partial charge is 0.242 e. The van der Waals surface area contributed by atoms with Crippen molar-refractivity contribution >= 4 is 40.7 Å². The molecule has 1 atom stereocenters. The summed E-state index contributed by atoms with van der Waals surface area (Å²) >= 11 is 17.8. The summed E-state index contributed by atoms with van der Waals surface area (Å²) in [5.41, 5.74) is 0.522. The first-order chi connectivity index (χ1) is 7.43. The van der Waals surface area contributed by atoms with Crippen molar-refractivity contribution in [2.24, 2.45) is 0 Å². The summed E-state index contributed by atoms with van der Waals surface area (Å²) in [5.74, 6) is -0.277. The summed E-state index contributed by atoms with van der Waals surface area (Å²) in [5, 5.41) is 2.60. The number of amides is 1. The van der Waals surface area contributed by atoms with E-state index in [9.17, 15) is 4.79 Å². The van der Waals surface area contributed by atoms with Gasteiger partial charge in [0.1, 0.15) is 5.38 Å². The first-order valence-electron chi connectivity index (χ1n) is 4.82. The van der Waals surface area contributed by atoms with Crippen LogP contribution in [-0.2, 0) is 4.79 Å². The van der Waals surface area contributed by atoms with Gasteiger partial charge in [-0.15, -0.1) is 11.6 Å². The lowest BCUT2D eigenvalue weighted by Crippen LogP contribution is -2.32. The normalized spacial score (nSPS) is 12.6. The van der Waals surface area contributed by atoms with Gasteiger partial charge in [0.2, 0.25) is 5.91 Å². The van der Waals surface area contributed by atoms with E-state index >= 15 is 0 Å². The minimum Gasteiger partial charge on any atom is -0.352 e. The van der Waals surface area contributed by atoms with Crippen molar-refractivity contribution in [3.8, 4) is 0 Å². The van der Waals surface area contributed by atoms with Gasteiger partial charge in [-0.25, -0.2) is 0 Å². The third-order valence-electron chi connectivity index (χ3n) is 1.92. The Bertz CT molecular complexity index is 393. The third kappa shape index (κ3) is 3.27. The molecule has 1 N–H and O–H groups in total. The third-order valence-corrected chi connectivity index (χ3v) is 3.18. The molecule has 88 valence electrons. The second kappa shape index (κ2) is 5.76. The molecule has 0 aliphatic carbocycles. The number of hydrogen-bond donors (Lipinski definition) is 1. The van der Waals surface area contributed by atoms with Crippen molar-refractivity contribution in [2.45, 2.75) is 25.3 Å². The van der Waals surface area contributed by atoms with Crippen molar-refractivity contribution in [3.63, 3.8) is 0 Å². The summed E-state index contributed by atoms with van der Waals surface area (Å²) in [6.07, 6.45) is 0. The van der Waals surface area contributed by atoms with Gasteiger partial charge in [-0.3, -0.25) is 4.79 Å². The van der Waals surface area contributed by atoms with E-state index < -0.39 is 5.38 Å². The standard InChI is InChI=1S/C11H12Cl3NO/c1-6(2)15-11(16)10(14)7-4-3-5-8(12)9(7)13/h3-6,10H,1-2H3,(H,15,16). The zero-order valence-corrected chi connectivity index (χ0v) is 11.2. The van der Waals surface area contributed by atoms with Crippen molar-refractivity contribution in [1.29, 1.82) is 0 Å². The van der Waals surface area contributed by atoms with Crippen LogP contribution >= 0.6 is 34.8 Å². The zero-order valence-electron chi connectivity index (χ0n) is 8.93. The Hall–Kier alpha value is -0.440. The number of hydrogen-bond acceptors (Lipinski definition) is 1. The molecular formula is C11H12Cl3NO. The molecule has 1 unspecified atom stereocenters. The number of nitrogens with one attached hydrogen (secondary N) is 1. The molecule has 1 aromatic carbocycles. The van der Waals surface area contributed by atoms with Gasteiger partial charge in [-0.05, 0) is 25.5 Å². The molecule has 0 saturated heterocycles. The molecular weight excluding hydrogens is 268 g/mol. The summed E-state index contributed by atoms with van der Waals surface area (Å²) in [6.45, 7) is 3.72. The maximum absolute atomic E-state index is 11.7. The van der Waals surface area contributed by atoms with E-state index in [-0.39, 0.29) is 11.9 Å². The van der Waals surface area contributed by atoms with Crippen LogP contribution in [-0.4, -0.2) is 11.9 Å². The van der Waals surface area contributed by atoms with E-state index in [1.165, 1.54) is 0 Å². The first-order valence-corrected chi connectivity index (χ1v) is 6.01. The summed E-state index contributed by atoms with van der Waals surface area (Å²) < 4.78 is 0. The highest BCUT2D eigenvalue weighted by Gasteiger charge is 2.21. The largest absolute Gasteiger partial charge is 0.352 e. The van der Waals surface area contributed by atoms with Crippen LogP contribution in [0, 0.1) is 0 Å². The molecule has 1 rings (SSSR count). The number of halogens is 3. The van der Waals surface area contributed by atoms with Gasteiger partial charge >= 0.3 is 0 Å². The number of carbonyl (C=O) groups is 1. The van der Waals surface area contributed by atoms with Crippen LogP contribution in [0.2, 0.25) is 10.0 Å². The number of rotatable bonds is 3. The quantitative estimate of drug-likeness (QED) is 0.838. The van der Waals surface area contributed by atoms with Crippen molar-refractivity contribution in [3.05, 3.63) is 33.8 Å². The maximum Gasteiger partial charge on any atom is 0.242 e. The number of benzene rings is 1. The van der Waals surface area contributed by atoms with Crippen LogP contribution in [0.1, 0.15) is 24.8 Å². The fourth-order valence-corrected chi connectivity index (χ4v) is 1.93. The van der Waals surface area contributed by atoms with Crippen molar-refractivity contribution < 1.29 is 4.79 Å². The van der Waals surface area contributed by atoms with Gasteiger partial charge in [-0.1, -0.05) is 35.3 Å². The minimum absolute atomic E-state index is 0.0340. The molecule has 16 heavy (non-hydrogen) atoms. The molecule has 0 fully saturated rings. The second-order valence-corrected chi connectivity index (χ2v) is 4.89. The zero-order chi connectivity index (χ0) is 12.3. The summed E-state index contributed by atoms with van der Waals surface area (Å²) in [4.78, 5) is 11.7. The molecule has 5 heteroatoms. The average molecular weight is 281 g/mol. The molecule has 0 saturated carbocycles. The summed E-state index contributed by atoms with van der Waals surface area (Å²) in [6, 6.07) is 5.08. The molecule has 0 heterocycles. The molecule has 2 nitrogen and oxygen atoms in total. The lowest BCUT2D eigenvalue weighted by atomic mass is 10.1. The topological polar surface area (TPSA) is 29.1 Å². The van der Waals surface area contributed by atoms with Gasteiger partial charge in [0.25, 0.3) is 0 Å². The molecule has 0 radical (unpaired) electrons. The van der Waals surface area contributed by atoms with Crippen molar-refractivity contribution in [2.75, 3.05) is 0 Å². The molecule has 0 aliphatic rings.